The number of hydrogen-bond donors (Lipinski definition) is 1. The molecular weight excluding hydrogens is 194 g/mol. The van der Waals surface area contributed by atoms with Crippen LogP contribution in [0.4, 0.5) is 0 Å². The number of terminal acetylenes is 1. The van der Waals surface area contributed by atoms with Crippen LogP contribution < -0.4 is 5.73 Å². The van der Waals surface area contributed by atoms with Gasteiger partial charge in [-0.1, -0.05) is 37.5 Å². The maximum Gasteiger partial charge on any atom is 0.0320 e. The van der Waals surface area contributed by atoms with Gasteiger partial charge in [-0.25, -0.2) is 0 Å². The van der Waals surface area contributed by atoms with E-state index in [4.69, 9.17) is 12.2 Å². The van der Waals surface area contributed by atoms with Crippen LogP contribution in [-0.4, -0.2) is 0 Å². The molecule has 0 fully saturated rings. The summed E-state index contributed by atoms with van der Waals surface area (Å²) in [6.07, 6.45) is 13.3. The highest BCUT2D eigenvalue weighted by atomic mass is 14.6. The number of rotatable bonds is 5. The molecule has 1 heteroatoms. The smallest absolute Gasteiger partial charge is 0.0320 e. The maximum absolute atomic E-state index is 5.76. The molecule has 0 amide bonds. The van der Waals surface area contributed by atoms with Crippen LogP contribution in [0.1, 0.15) is 20.3 Å². The van der Waals surface area contributed by atoms with E-state index in [1.165, 1.54) is 0 Å². The molecule has 0 aliphatic heterocycles. The van der Waals surface area contributed by atoms with Crippen LogP contribution in [0.15, 0.2) is 59.9 Å². The van der Waals surface area contributed by atoms with Gasteiger partial charge in [0.2, 0.25) is 0 Å². The van der Waals surface area contributed by atoms with Gasteiger partial charge in [-0.3, -0.25) is 0 Å². The second kappa shape index (κ2) is 7.36. The van der Waals surface area contributed by atoms with E-state index in [9.17, 15) is 0 Å². The molecule has 0 spiro atoms. The lowest BCUT2D eigenvalue weighted by Gasteiger charge is -2.09. The monoisotopic (exact) mass is 213 g/mol. The first-order valence-corrected chi connectivity index (χ1v) is 5.13. The Hall–Kier alpha value is -1.94. The van der Waals surface area contributed by atoms with Crippen molar-refractivity contribution >= 4 is 0 Å². The Labute approximate surface area is 98.7 Å². The summed E-state index contributed by atoms with van der Waals surface area (Å²) in [6.45, 7) is 11.5. The topological polar surface area (TPSA) is 26.0 Å². The summed E-state index contributed by atoms with van der Waals surface area (Å²) < 4.78 is 0. The standard InChI is InChI=1S/C15H19N/c1-6-9-10-11-15(13(5)16)14(8-3)12(4)7-2/h1,7-8,10-11H,3,5,9,16H2,2,4H3/b11-10-,12-7-,15-14-. The Morgan fingerprint density at radius 1 is 1.44 bits per heavy atom. The lowest BCUT2D eigenvalue weighted by atomic mass is 9.98. The van der Waals surface area contributed by atoms with Crippen LogP contribution in [-0.2, 0) is 0 Å². The van der Waals surface area contributed by atoms with Gasteiger partial charge < -0.3 is 5.73 Å². The highest BCUT2D eigenvalue weighted by Crippen LogP contribution is 2.20. The van der Waals surface area contributed by atoms with E-state index in [0.29, 0.717) is 12.1 Å². The van der Waals surface area contributed by atoms with Gasteiger partial charge in [0, 0.05) is 17.7 Å². The zero-order valence-electron chi connectivity index (χ0n) is 10.1. The first-order chi connectivity index (χ1) is 7.58. The van der Waals surface area contributed by atoms with Gasteiger partial charge in [0.15, 0.2) is 0 Å². The SMILES string of the molecule is C#CC\C=C/C(C(=C)N)=C(C=C)/C(C)=C\C. The molecule has 16 heavy (non-hydrogen) atoms. The van der Waals surface area contributed by atoms with Gasteiger partial charge in [-0.15, -0.1) is 12.3 Å². The Morgan fingerprint density at radius 2 is 2.06 bits per heavy atom. The molecule has 0 rings (SSSR count). The summed E-state index contributed by atoms with van der Waals surface area (Å²) in [6, 6.07) is 0. The first-order valence-electron chi connectivity index (χ1n) is 5.13. The van der Waals surface area contributed by atoms with E-state index in [0.717, 1.165) is 16.7 Å². The average Bonchev–Trinajstić information content (AvgIpc) is 2.27. The zero-order valence-corrected chi connectivity index (χ0v) is 10.1. The molecular formula is C15H19N. The van der Waals surface area contributed by atoms with Crippen molar-refractivity contribution in [1.82, 2.24) is 0 Å². The van der Waals surface area contributed by atoms with Crippen molar-refractivity contribution in [1.29, 1.82) is 0 Å². The second-order valence-corrected chi connectivity index (χ2v) is 3.34. The van der Waals surface area contributed by atoms with Crippen molar-refractivity contribution in [3.63, 3.8) is 0 Å². The van der Waals surface area contributed by atoms with E-state index in [2.05, 4.69) is 19.1 Å². The van der Waals surface area contributed by atoms with Crippen molar-refractivity contribution < 1.29 is 0 Å². The lowest BCUT2D eigenvalue weighted by Crippen LogP contribution is -2.01. The van der Waals surface area contributed by atoms with E-state index < -0.39 is 0 Å². The molecule has 0 saturated heterocycles. The van der Waals surface area contributed by atoms with Crippen LogP contribution in [0.5, 0.6) is 0 Å². The van der Waals surface area contributed by atoms with Crippen LogP contribution in [0.3, 0.4) is 0 Å². The molecule has 0 aliphatic rings. The van der Waals surface area contributed by atoms with Crippen LogP contribution >= 0.6 is 0 Å². The lowest BCUT2D eigenvalue weighted by molar-refractivity contribution is 1.28. The molecule has 0 aromatic heterocycles. The third kappa shape index (κ3) is 4.06. The minimum Gasteiger partial charge on any atom is -0.399 e. The molecule has 0 aromatic carbocycles. The van der Waals surface area contributed by atoms with E-state index in [1.54, 1.807) is 6.08 Å². The Morgan fingerprint density at radius 3 is 2.44 bits per heavy atom. The largest absolute Gasteiger partial charge is 0.399 e. The fourth-order valence-corrected chi connectivity index (χ4v) is 1.25. The van der Waals surface area contributed by atoms with Crippen molar-refractivity contribution in [3.05, 3.63) is 59.9 Å². The van der Waals surface area contributed by atoms with E-state index in [-0.39, 0.29) is 0 Å². The van der Waals surface area contributed by atoms with Crippen LogP contribution in [0.2, 0.25) is 0 Å². The normalized spacial score (nSPS) is 13.2. The summed E-state index contributed by atoms with van der Waals surface area (Å²) in [5, 5.41) is 0. The summed E-state index contributed by atoms with van der Waals surface area (Å²) in [5.74, 6) is 2.54. The minimum atomic E-state index is 0.518. The quantitative estimate of drug-likeness (QED) is 0.549. The summed E-state index contributed by atoms with van der Waals surface area (Å²) in [7, 11) is 0. The maximum atomic E-state index is 5.76. The number of hydrogen-bond acceptors (Lipinski definition) is 1. The predicted octanol–water partition coefficient (Wildman–Crippen LogP) is 3.49. The van der Waals surface area contributed by atoms with Crippen molar-refractivity contribution in [3.8, 4) is 12.3 Å². The molecule has 0 atom stereocenters. The fraction of sp³-hybridized carbons (Fsp3) is 0.200. The molecule has 0 unspecified atom stereocenters. The van der Waals surface area contributed by atoms with Crippen LogP contribution in [0, 0.1) is 12.3 Å². The average molecular weight is 213 g/mol. The van der Waals surface area contributed by atoms with E-state index in [1.807, 2.05) is 32.1 Å². The van der Waals surface area contributed by atoms with Gasteiger partial charge in [0.1, 0.15) is 0 Å². The number of allylic oxidation sites excluding steroid dienone is 6. The van der Waals surface area contributed by atoms with Crippen molar-refractivity contribution in [2.24, 2.45) is 5.73 Å². The van der Waals surface area contributed by atoms with Gasteiger partial charge in [0.05, 0.1) is 0 Å². The van der Waals surface area contributed by atoms with Gasteiger partial charge in [0.25, 0.3) is 0 Å². The molecule has 0 aromatic rings. The Kier molecular flexibility index (Phi) is 6.47. The Bertz CT molecular complexity index is 398. The highest BCUT2D eigenvalue weighted by molar-refractivity contribution is 5.52. The molecule has 2 N–H and O–H groups in total. The molecule has 1 nitrogen and oxygen atoms in total. The molecule has 0 saturated carbocycles. The third-order valence-electron chi connectivity index (χ3n) is 2.22. The van der Waals surface area contributed by atoms with Crippen LogP contribution in [0.25, 0.3) is 0 Å². The molecule has 0 bridgehead atoms. The Balaban J connectivity index is 5.45. The summed E-state index contributed by atoms with van der Waals surface area (Å²) in [4.78, 5) is 0. The third-order valence-corrected chi connectivity index (χ3v) is 2.22. The number of nitrogens with two attached hydrogens (primary N) is 1. The highest BCUT2D eigenvalue weighted by Gasteiger charge is 2.03. The molecule has 84 valence electrons. The van der Waals surface area contributed by atoms with Gasteiger partial charge >= 0.3 is 0 Å². The molecule has 0 heterocycles. The predicted molar refractivity (Wildman–Crippen MR) is 72.6 cm³/mol. The van der Waals surface area contributed by atoms with Crippen molar-refractivity contribution in [2.75, 3.05) is 0 Å². The molecule has 0 radical (unpaired) electrons. The molecule has 0 aliphatic carbocycles. The van der Waals surface area contributed by atoms with Gasteiger partial charge in [-0.05, 0) is 25.0 Å². The second-order valence-electron chi connectivity index (χ2n) is 3.34. The minimum absolute atomic E-state index is 0.518. The summed E-state index contributed by atoms with van der Waals surface area (Å²) >= 11 is 0. The van der Waals surface area contributed by atoms with E-state index >= 15 is 0 Å². The van der Waals surface area contributed by atoms with Gasteiger partial charge in [-0.2, -0.15) is 0 Å². The zero-order chi connectivity index (χ0) is 12.6. The first kappa shape index (κ1) is 14.1. The van der Waals surface area contributed by atoms with Crippen molar-refractivity contribution in [2.45, 2.75) is 20.3 Å². The summed E-state index contributed by atoms with van der Waals surface area (Å²) in [5.41, 5.74) is 9.25. The fourth-order valence-electron chi connectivity index (χ4n) is 1.25.